The van der Waals surface area contributed by atoms with Gasteiger partial charge in [-0.15, -0.1) is 0 Å². The van der Waals surface area contributed by atoms with E-state index in [0.29, 0.717) is 18.9 Å². The molecule has 100 valence electrons. The van der Waals surface area contributed by atoms with E-state index in [1.165, 1.54) is 4.90 Å². The van der Waals surface area contributed by atoms with Gasteiger partial charge < -0.3 is 10.2 Å². The van der Waals surface area contributed by atoms with Gasteiger partial charge in [-0.25, -0.2) is 4.79 Å². The number of carbonyl (C=O) groups excluding carboxylic acids is 3. The van der Waals surface area contributed by atoms with Gasteiger partial charge in [0.1, 0.15) is 12.1 Å². The van der Waals surface area contributed by atoms with E-state index in [0.717, 1.165) is 12.8 Å². The number of imide groups is 1. The predicted octanol–water partition coefficient (Wildman–Crippen LogP) is 0.233. The summed E-state index contributed by atoms with van der Waals surface area (Å²) in [5.41, 5.74) is -0.909. The van der Waals surface area contributed by atoms with Crippen LogP contribution in [-0.4, -0.2) is 41.4 Å². The second kappa shape index (κ2) is 4.59. The molecule has 6 heteroatoms. The van der Waals surface area contributed by atoms with Crippen molar-refractivity contribution in [2.24, 2.45) is 5.92 Å². The lowest BCUT2D eigenvalue weighted by atomic mass is 9.97. The van der Waals surface area contributed by atoms with Crippen LogP contribution in [0.2, 0.25) is 0 Å². The van der Waals surface area contributed by atoms with Crippen LogP contribution in [0.5, 0.6) is 0 Å². The van der Waals surface area contributed by atoms with Crippen molar-refractivity contribution >= 4 is 17.8 Å². The van der Waals surface area contributed by atoms with E-state index < -0.39 is 11.6 Å². The van der Waals surface area contributed by atoms with Crippen LogP contribution in [-0.2, 0) is 9.59 Å². The topological polar surface area (TPSA) is 78.5 Å². The minimum Gasteiger partial charge on any atom is -0.354 e. The SMILES string of the molecule is CCC1(C)C(=O)NC(=O)N1CC(=O)NCC1CC1. The molecule has 2 fully saturated rings. The number of urea groups is 1. The average Bonchev–Trinajstić information content (AvgIpc) is 3.12. The van der Waals surface area contributed by atoms with Crippen molar-refractivity contribution in [2.75, 3.05) is 13.1 Å². The number of nitrogens with one attached hydrogen (secondary N) is 2. The molecular formula is C12H19N3O3. The minimum atomic E-state index is -0.909. The zero-order valence-electron chi connectivity index (χ0n) is 10.8. The Bertz CT molecular complexity index is 392. The van der Waals surface area contributed by atoms with Crippen molar-refractivity contribution in [1.82, 2.24) is 15.5 Å². The van der Waals surface area contributed by atoms with Gasteiger partial charge in [0.05, 0.1) is 0 Å². The van der Waals surface area contributed by atoms with Crippen LogP contribution in [0.3, 0.4) is 0 Å². The molecule has 1 saturated heterocycles. The number of hydrogen-bond acceptors (Lipinski definition) is 3. The summed E-state index contributed by atoms with van der Waals surface area (Å²) in [5.74, 6) is 0.0666. The molecular weight excluding hydrogens is 234 g/mol. The summed E-state index contributed by atoms with van der Waals surface area (Å²) in [6, 6.07) is -0.481. The molecule has 0 aromatic heterocycles. The Balaban J connectivity index is 1.95. The van der Waals surface area contributed by atoms with E-state index in [-0.39, 0.29) is 18.4 Å². The summed E-state index contributed by atoms with van der Waals surface area (Å²) in [6.07, 6.45) is 2.81. The van der Waals surface area contributed by atoms with Crippen molar-refractivity contribution in [3.63, 3.8) is 0 Å². The van der Waals surface area contributed by atoms with Crippen molar-refractivity contribution in [1.29, 1.82) is 0 Å². The minimum absolute atomic E-state index is 0.0609. The molecule has 1 atom stereocenters. The van der Waals surface area contributed by atoms with E-state index in [1.807, 2.05) is 6.92 Å². The fourth-order valence-corrected chi connectivity index (χ4v) is 2.02. The Hall–Kier alpha value is -1.59. The zero-order chi connectivity index (χ0) is 13.3. The van der Waals surface area contributed by atoms with Gasteiger partial charge in [-0.2, -0.15) is 0 Å². The molecule has 0 bridgehead atoms. The highest BCUT2D eigenvalue weighted by Crippen LogP contribution is 2.28. The number of nitrogens with zero attached hydrogens (tertiary/aromatic N) is 1. The van der Waals surface area contributed by atoms with Gasteiger partial charge in [0.2, 0.25) is 5.91 Å². The molecule has 1 saturated carbocycles. The summed E-state index contributed by atoms with van der Waals surface area (Å²) in [5, 5.41) is 5.06. The highest BCUT2D eigenvalue weighted by atomic mass is 16.2. The molecule has 2 aliphatic rings. The Morgan fingerprint density at radius 2 is 2.17 bits per heavy atom. The first-order chi connectivity index (χ1) is 8.47. The average molecular weight is 253 g/mol. The van der Waals surface area contributed by atoms with Crippen molar-refractivity contribution < 1.29 is 14.4 Å². The Kier molecular flexibility index (Phi) is 3.28. The molecule has 0 radical (unpaired) electrons. The van der Waals surface area contributed by atoms with E-state index >= 15 is 0 Å². The van der Waals surface area contributed by atoms with Crippen LogP contribution in [0.1, 0.15) is 33.1 Å². The van der Waals surface area contributed by atoms with Crippen molar-refractivity contribution in [3.8, 4) is 0 Å². The molecule has 0 aromatic carbocycles. The van der Waals surface area contributed by atoms with Gasteiger partial charge in [-0.1, -0.05) is 6.92 Å². The summed E-state index contributed by atoms with van der Waals surface area (Å²) in [7, 11) is 0. The van der Waals surface area contributed by atoms with Crippen LogP contribution >= 0.6 is 0 Å². The van der Waals surface area contributed by atoms with E-state index in [4.69, 9.17) is 0 Å². The van der Waals surface area contributed by atoms with Gasteiger partial charge in [-0.05, 0) is 32.1 Å². The van der Waals surface area contributed by atoms with E-state index in [2.05, 4.69) is 10.6 Å². The second-order valence-electron chi connectivity index (χ2n) is 5.22. The molecule has 4 amide bonds. The highest BCUT2D eigenvalue weighted by Gasteiger charge is 2.48. The largest absolute Gasteiger partial charge is 0.354 e. The molecule has 1 heterocycles. The van der Waals surface area contributed by atoms with Crippen LogP contribution in [0, 0.1) is 5.92 Å². The van der Waals surface area contributed by atoms with Gasteiger partial charge in [0.25, 0.3) is 5.91 Å². The molecule has 1 aliphatic heterocycles. The Labute approximate surface area is 106 Å². The van der Waals surface area contributed by atoms with Crippen LogP contribution < -0.4 is 10.6 Å². The third kappa shape index (κ3) is 2.32. The predicted molar refractivity (Wildman–Crippen MR) is 64.7 cm³/mol. The molecule has 6 nitrogen and oxygen atoms in total. The van der Waals surface area contributed by atoms with Gasteiger partial charge in [0.15, 0.2) is 0 Å². The fourth-order valence-electron chi connectivity index (χ4n) is 2.02. The summed E-state index contributed by atoms with van der Waals surface area (Å²) >= 11 is 0. The van der Waals surface area contributed by atoms with Crippen molar-refractivity contribution in [3.05, 3.63) is 0 Å². The maximum Gasteiger partial charge on any atom is 0.325 e. The normalized spacial score (nSPS) is 27.3. The van der Waals surface area contributed by atoms with Crippen molar-refractivity contribution in [2.45, 2.75) is 38.6 Å². The van der Waals surface area contributed by atoms with Gasteiger partial charge in [0, 0.05) is 6.54 Å². The first-order valence-electron chi connectivity index (χ1n) is 6.37. The number of amides is 4. The number of rotatable bonds is 5. The lowest BCUT2D eigenvalue weighted by molar-refractivity contribution is -0.128. The smallest absolute Gasteiger partial charge is 0.325 e. The zero-order valence-corrected chi connectivity index (χ0v) is 10.8. The van der Waals surface area contributed by atoms with Crippen LogP contribution in [0.25, 0.3) is 0 Å². The summed E-state index contributed by atoms with van der Waals surface area (Å²) < 4.78 is 0. The molecule has 2 rings (SSSR count). The highest BCUT2D eigenvalue weighted by molar-refractivity contribution is 6.07. The first-order valence-corrected chi connectivity index (χ1v) is 6.37. The molecule has 1 unspecified atom stereocenters. The number of carbonyl (C=O) groups is 3. The van der Waals surface area contributed by atoms with E-state index in [9.17, 15) is 14.4 Å². The van der Waals surface area contributed by atoms with Gasteiger partial charge >= 0.3 is 6.03 Å². The molecule has 1 aliphatic carbocycles. The maximum atomic E-state index is 11.7. The summed E-state index contributed by atoms with van der Waals surface area (Å²) in [6.45, 7) is 4.12. The number of hydrogen-bond donors (Lipinski definition) is 2. The van der Waals surface area contributed by atoms with Crippen LogP contribution in [0.4, 0.5) is 4.79 Å². The first kappa shape index (κ1) is 12.9. The second-order valence-corrected chi connectivity index (χ2v) is 5.22. The summed E-state index contributed by atoms with van der Waals surface area (Å²) in [4.78, 5) is 36.4. The molecule has 0 spiro atoms. The molecule has 18 heavy (non-hydrogen) atoms. The monoisotopic (exact) mass is 253 g/mol. The van der Waals surface area contributed by atoms with Crippen LogP contribution in [0.15, 0.2) is 0 Å². The Morgan fingerprint density at radius 3 is 2.72 bits per heavy atom. The third-order valence-corrected chi connectivity index (χ3v) is 3.83. The third-order valence-electron chi connectivity index (χ3n) is 3.83. The molecule has 0 aromatic rings. The quantitative estimate of drug-likeness (QED) is 0.689. The fraction of sp³-hybridized carbons (Fsp3) is 0.750. The maximum absolute atomic E-state index is 11.7. The van der Waals surface area contributed by atoms with E-state index in [1.54, 1.807) is 6.92 Å². The standard InChI is InChI=1S/C12H19N3O3/c1-3-12(2)10(17)14-11(18)15(12)7-9(16)13-6-8-4-5-8/h8H,3-7H2,1-2H3,(H,13,16)(H,14,17,18). The Morgan fingerprint density at radius 1 is 1.50 bits per heavy atom. The molecule has 2 N–H and O–H groups in total. The lowest BCUT2D eigenvalue weighted by Crippen LogP contribution is -2.50. The lowest BCUT2D eigenvalue weighted by Gasteiger charge is -2.30. The van der Waals surface area contributed by atoms with Gasteiger partial charge in [-0.3, -0.25) is 14.9 Å².